The van der Waals surface area contributed by atoms with Crippen molar-refractivity contribution in [1.82, 2.24) is 0 Å². The molecule has 1 aromatic rings. The first kappa shape index (κ1) is 11.4. The molecule has 1 saturated carbocycles. The summed E-state index contributed by atoms with van der Waals surface area (Å²) >= 11 is 0. The molecule has 2 rings (SSSR count). The molecule has 1 nitrogen and oxygen atoms in total. The normalized spacial score (nSPS) is 16.5. The van der Waals surface area contributed by atoms with Crippen LogP contribution in [0.3, 0.4) is 0 Å². The van der Waals surface area contributed by atoms with Crippen molar-refractivity contribution >= 4 is 5.78 Å². The lowest BCUT2D eigenvalue weighted by Gasteiger charge is -2.07. The van der Waals surface area contributed by atoms with Gasteiger partial charge in [0.1, 0.15) is 5.78 Å². The Bertz CT molecular complexity index is 323. The van der Waals surface area contributed by atoms with Gasteiger partial charge in [-0.15, -0.1) is 0 Å². The van der Waals surface area contributed by atoms with Crippen LogP contribution in [0.1, 0.15) is 44.1 Å². The quantitative estimate of drug-likeness (QED) is 0.732. The third-order valence-electron chi connectivity index (χ3n) is 3.55. The lowest BCUT2D eigenvalue weighted by Crippen LogP contribution is -2.05. The predicted molar refractivity (Wildman–Crippen MR) is 66.3 cm³/mol. The van der Waals surface area contributed by atoms with E-state index in [9.17, 15) is 4.79 Å². The Morgan fingerprint density at radius 2 is 1.81 bits per heavy atom. The first-order valence-electron chi connectivity index (χ1n) is 6.40. The third kappa shape index (κ3) is 3.48. The van der Waals surface area contributed by atoms with E-state index in [0.717, 1.165) is 24.3 Å². The number of ketones is 1. The maximum Gasteiger partial charge on any atom is 0.137 e. The zero-order chi connectivity index (χ0) is 11.2. The highest BCUT2D eigenvalue weighted by molar-refractivity contribution is 5.80. The SMILES string of the molecule is O=C(CCC1CCCC1)Cc1ccccc1. The molecule has 0 radical (unpaired) electrons. The second kappa shape index (κ2) is 5.83. The largest absolute Gasteiger partial charge is 0.299 e. The fourth-order valence-electron chi connectivity index (χ4n) is 2.58. The summed E-state index contributed by atoms with van der Waals surface area (Å²) in [6.07, 6.45) is 7.95. The van der Waals surface area contributed by atoms with Gasteiger partial charge in [0.05, 0.1) is 0 Å². The van der Waals surface area contributed by atoms with E-state index in [0.29, 0.717) is 12.2 Å². The summed E-state index contributed by atoms with van der Waals surface area (Å²) in [6, 6.07) is 10.1. The molecule has 0 aromatic heterocycles. The van der Waals surface area contributed by atoms with E-state index in [-0.39, 0.29) is 0 Å². The Balaban J connectivity index is 1.72. The molecule has 86 valence electrons. The fraction of sp³-hybridized carbons (Fsp3) is 0.533. The van der Waals surface area contributed by atoms with E-state index in [2.05, 4.69) is 0 Å². The van der Waals surface area contributed by atoms with E-state index in [1.54, 1.807) is 0 Å². The van der Waals surface area contributed by atoms with Crippen molar-refractivity contribution in [2.75, 3.05) is 0 Å². The Morgan fingerprint density at radius 3 is 2.50 bits per heavy atom. The topological polar surface area (TPSA) is 17.1 Å². The zero-order valence-corrected chi connectivity index (χ0v) is 9.82. The highest BCUT2D eigenvalue weighted by Crippen LogP contribution is 2.28. The molecule has 1 heteroatoms. The van der Waals surface area contributed by atoms with E-state index >= 15 is 0 Å². The van der Waals surface area contributed by atoms with Crippen molar-refractivity contribution in [3.63, 3.8) is 0 Å². The molecular formula is C15H20O. The average Bonchev–Trinajstić information content (AvgIpc) is 2.81. The van der Waals surface area contributed by atoms with E-state index in [4.69, 9.17) is 0 Å². The van der Waals surface area contributed by atoms with Gasteiger partial charge in [-0.1, -0.05) is 56.0 Å². The van der Waals surface area contributed by atoms with E-state index in [1.807, 2.05) is 30.3 Å². The minimum atomic E-state index is 0.401. The van der Waals surface area contributed by atoms with Crippen molar-refractivity contribution in [2.24, 2.45) is 5.92 Å². The molecule has 0 aliphatic heterocycles. The van der Waals surface area contributed by atoms with Gasteiger partial charge < -0.3 is 0 Å². The van der Waals surface area contributed by atoms with Crippen LogP contribution in [0.5, 0.6) is 0 Å². The molecule has 0 unspecified atom stereocenters. The number of hydrogen-bond acceptors (Lipinski definition) is 1. The molecule has 0 spiro atoms. The summed E-state index contributed by atoms with van der Waals surface area (Å²) in [7, 11) is 0. The second-order valence-corrected chi connectivity index (χ2v) is 4.89. The maximum absolute atomic E-state index is 11.8. The summed E-state index contributed by atoms with van der Waals surface area (Å²) in [6.45, 7) is 0. The van der Waals surface area contributed by atoms with Gasteiger partial charge in [-0.05, 0) is 17.9 Å². The molecule has 16 heavy (non-hydrogen) atoms. The van der Waals surface area contributed by atoms with Gasteiger partial charge in [0, 0.05) is 12.8 Å². The molecule has 0 bridgehead atoms. The Hall–Kier alpha value is -1.11. The minimum absolute atomic E-state index is 0.401. The Labute approximate surface area is 97.9 Å². The van der Waals surface area contributed by atoms with Crippen molar-refractivity contribution in [1.29, 1.82) is 0 Å². The number of hydrogen-bond donors (Lipinski definition) is 0. The summed E-state index contributed by atoms with van der Waals surface area (Å²) in [5.74, 6) is 1.23. The maximum atomic E-state index is 11.8. The van der Waals surface area contributed by atoms with Crippen LogP contribution in [-0.4, -0.2) is 5.78 Å². The van der Waals surface area contributed by atoms with Gasteiger partial charge in [0.25, 0.3) is 0 Å². The van der Waals surface area contributed by atoms with Crippen molar-refractivity contribution in [3.05, 3.63) is 35.9 Å². The molecule has 1 aliphatic rings. The summed E-state index contributed by atoms with van der Waals surface area (Å²) in [5, 5.41) is 0. The number of rotatable bonds is 5. The molecule has 1 fully saturated rings. The van der Waals surface area contributed by atoms with Crippen LogP contribution in [-0.2, 0) is 11.2 Å². The molecular weight excluding hydrogens is 196 g/mol. The highest BCUT2D eigenvalue weighted by Gasteiger charge is 2.16. The number of carbonyl (C=O) groups excluding carboxylic acids is 1. The van der Waals surface area contributed by atoms with Crippen LogP contribution < -0.4 is 0 Å². The summed E-state index contributed by atoms with van der Waals surface area (Å²) < 4.78 is 0. The molecule has 0 N–H and O–H groups in total. The fourth-order valence-corrected chi connectivity index (χ4v) is 2.58. The standard InChI is InChI=1S/C15H20O/c16-15(11-10-13-6-4-5-7-13)12-14-8-2-1-3-9-14/h1-3,8-9,13H,4-7,10-12H2. The summed E-state index contributed by atoms with van der Waals surface area (Å²) in [4.78, 5) is 11.8. The van der Waals surface area contributed by atoms with Crippen molar-refractivity contribution < 1.29 is 4.79 Å². The molecule has 1 aliphatic carbocycles. The molecule has 1 aromatic carbocycles. The zero-order valence-electron chi connectivity index (χ0n) is 9.82. The number of benzene rings is 1. The van der Waals surface area contributed by atoms with Gasteiger partial charge in [0.2, 0.25) is 0 Å². The predicted octanol–water partition coefficient (Wildman–Crippen LogP) is 3.77. The monoisotopic (exact) mass is 216 g/mol. The molecule has 0 amide bonds. The van der Waals surface area contributed by atoms with Crippen molar-refractivity contribution in [2.45, 2.75) is 44.9 Å². The Kier molecular flexibility index (Phi) is 4.15. The average molecular weight is 216 g/mol. The van der Waals surface area contributed by atoms with Gasteiger partial charge in [-0.2, -0.15) is 0 Å². The van der Waals surface area contributed by atoms with Crippen LogP contribution >= 0.6 is 0 Å². The van der Waals surface area contributed by atoms with Gasteiger partial charge in [-0.3, -0.25) is 4.79 Å². The van der Waals surface area contributed by atoms with Crippen LogP contribution in [0.2, 0.25) is 0 Å². The van der Waals surface area contributed by atoms with Crippen LogP contribution in [0, 0.1) is 5.92 Å². The van der Waals surface area contributed by atoms with E-state index < -0.39 is 0 Å². The number of Topliss-reactive ketones (excluding diaryl/α,β-unsaturated/α-hetero) is 1. The second-order valence-electron chi connectivity index (χ2n) is 4.89. The van der Waals surface area contributed by atoms with Gasteiger partial charge in [0.15, 0.2) is 0 Å². The summed E-state index contributed by atoms with van der Waals surface area (Å²) in [5.41, 5.74) is 1.15. The van der Waals surface area contributed by atoms with Crippen LogP contribution in [0.25, 0.3) is 0 Å². The lowest BCUT2D eigenvalue weighted by molar-refractivity contribution is -0.118. The highest BCUT2D eigenvalue weighted by atomic mass is 16.1. The van der Waals surface area contributed by atoms with Crippen LogP contribution in [0.15, 0.2) is 30.3 Å². The third-order valence-corrected chi connectivity index (χ3v) is 3.55. The van der Waals surface area contributed by atoms with Crippen LogP contribution in [0.4, 0.5) is 0 Å². The van der Waals surface area contributed by atoms with E-state index in [1.165, 1.54) is 25.7 Å². The van der Waals surface area contributed by atoms with Gasteiger partial charge >= 0.3 is 0 Å². The lowest BCUT2D eigenvalue weighted by atomic mass is 9.98. The molecule has 0 atom stereocenters. The van der Waals surface area contributed by atoms with Gasteiger partial charge in [-0.25, -0.2) is 0 Å². The smallest absolute Gasteiger partial charge is 0.137 e. The molecule has 0 saturated heterocycles. The van der Waals surface area contributed by atoms with Crippen molar-refractivity contribution in [3.8, 4) is 0 Å². The Morgan fingerprint density at radius 1 is 1.12 bits per heavy atom. The molecule has 0 heterocycles. The number of carbonyl (C=O) groups is 1. The first-order chi connectivity index (χ1) is 7.84. The minimum Gasteiger partial charge on any atom is -0.299 e. The first-order valence-corrected chi connectivity index (χ1v) is 6.40.